The minimum absolute atomic E-state index is 0.121. The number of pyridine rings is 1. The highest BCUT2D eigenvalue weighted by molar-refractivity contribution is 7.87. The summed E-state index contributed by atoms with van der Waals surface area (Å²) in [6.45, 7) is 6.84. The first-order chi connectivity index (χ1) is 16.0. The molecule has 0 spiro atoms. The van der Waals surface area contributed by atoms with Crippen LogP contribution in [0.15, 0.2) is 42.9 Å². The van der Waals surface area contributed by atoms with Gasteiger partial charge in [-0.25, -0.2) is 23.3 Å². The number of carbonyl (C=O) groups is 2. The number of rotatable bonds is 9. The molecule has 0 aromatic carbocycles. The number of nitrogens with one attached hydrogen (secondary N) is 3. The Morgan fingerprint density at radius 1 is 1.24 bits per heavy atom. The maximum atomic E-state index is 11.9. The second-order valence-electron chi connectivity index (χ2n) is 5.93. The van der Waals surface area contributed by atoms with Crippen LogP contribution in [0.4, 0.5) is 0 Å². The van der Waals surface area contributed by atoms with Crippen LogP contribution in [0, 0.1) is 0 Å². The number of aromatic carboxylic acids is 1. The number of aromatic nitrogens is 2. The summed E-state index contributed by atoms with van der Waals surface area (Å²) in [6.07, 6.45) is 5.58. The van der Waals surface area contributed by atoms with E-state index >= 15 is 0 Å². The van der Waals surface area contributed by atoms with Crippen molar-refractivity contribution in [3.63, 3.8) is 0 Å². The van der Waals surface area contributed by atoms with Crippen LogP contribution in [0.1, 0.15) is 41.7 Å². The summed E-state index contributed by atoms with van der Waals surface area (Å²) >= 11 is -1.40. The zero-order chi connectivity index (χ0) is 26.3. The van der Waals surface area contributed by atoms with Crippen molar-refractivity contribution in [3.8, 4) is 11.1 Å². The maximum Gasteiger partial charge on any atom is 0.354 e. The number of carboxylic acid groups (broad SMARTS) is 1. The van der Waals surface area contributed by atoms with E-state index in [4.69, 9.17) is 10.3 Å². The molecule has 1 unspecified atom stereocenters. The van der Waals surface area contributed by atoms with Gasteiger partial charge in [0.25, 0.3) is 5.91 Å². The summed E-state index contributed by atoms with van der Waals surface area (Å²) in [5.74, 6) is -1.83. The van der Waals surface area contributed by atoms with E-state index in [2.05, 4.69) is 20.3 Å². The van der Waals surface area contributed by atoms with E-state index in [9.17, 15) is 27.3 Å². The topological polar surface area (TPSA) is 212 Å². The Balaban J connectivity index is 0.00000104. The average molecular weight is 518 g/mol. The number of hydrogen-bond donors (Lipinski definition) is 6. The molecule has 1 amide bonds. The Morgan fingerprint density at radius 3 is 2.29 bits per heavy atom. The molecule has 0 radical (unpaired) electrons. The third-order valence-electron chi connectivity index (χ3n) is 3.65. The number of carbonyl (C=O) groups excluding carboxylic acids is 1. The normalized spacial score (nSPS) is 11.5. The molecule has 0 aliphatic rings. The molecule has 0 fully saturated rings. The van der Waals surface area contributed by atoms with Gasteiger partial charge in [0.2, 0.25) is 0 Å². The van der Waals surface area contributed by atoms with Gasteiger partial charge in [-0.2, -0.15) is 8.42 Å². The van der Waals surface area contributed by atoms with Gasteiger partial charge in [-0.05, 0) is 26.1 Å². The number of hydrogen-bond acceptors (Lipinski definition) is 7. The first kappa shape index (κ1) is 30.9. The van der Waals surface area contributed by atoms with Crippen LogP contribution >= 0.6 is 0 Å². The maximum absolute atomic E-state index is 11.9. The second kappa shape index (κ2) is 15.7. The van der Waals surface area contributed by atoms with Gasteiger partial charge in [0.1, 0.15) is 5.69 Å². The van der Waals surface area contributed by atoms with Gasteiger partial charge in [0.15, 0.2) is 16.9 Å². The van der Waals surface area contributed by atoms with Gasteiger partial charge in [-0.15, -0.1) is 0 Å². The summed E-state index contributed by atoms with van der Waals surface area (Å²) < 4.78 is 35.7. The molecule has 0 aliphatic heterocycles. The van der Waals surface area contributed by atoms with E-state index in [1.807, 2.05) is 13.8 Å². The number of likely N-dealkylation sites (N-methyl/N-ethyl adjacent to an activating group) is 1. The molecule has 34 heavy (non-hydrogen) atoms. The van der Waals surface area contributed by atoms with E-state index in [1.54, 1.807) is 20.0 Å². The first-order valence-corrected chi connectivity index (χ1v) is 12.6. The van der Waals surface area contributed by atoms with Gasteiger partial charge in [0, 0.05) is 42.8 Å². The molecule has 0 saturated carbocycles. The smallest absolute Gasteiger partial charge is 0.354 e. The van der Waals surface area contributed by atoms with E-state index in [0.29, 0.717) is 22.6 Å². The van der Waals surface area contributed by atoms with Crippen LogP contribution in [0.25, 0.3) is 11.1 Å². The fourth-order valence-corrected chi connectivity index (χ4v) is 3.21. The van der Waals surface area contributed by atoms with Crippen LogP contribution < -0.4 is 25.6 Å². The van der Waals surface area contributed by atoms with Crippen LogP contribution in [0.5, 0.6) is 0 Å². The van der Waals surface area contributed by atoms with E-state index in [0.717, 1.165) is 6.20 Å². The monoisotopic (exact) mass is 517 g/mol. The highest BCUT2D eigenvalue weighted by atomic mass is 32.2. The lowest BCUT2D eigenvalue weighted by Gasteiger charge is -2.07. The Kier molecular flexibility index (Phi) is 14.2. The van der Waals surface area contributed by atoms with Crippen molar-refractivity contribution < 1.29 is 27.3 Å². The number of carboxylic acids is 1. The quantitative estimate of drug-likeness (QED) is 0.247. The summed E-state index contributed by atoms with van der Waals surface area (Å²) in [4.78, 5) is 27.3. The van der Waals surface area contributed by atoms with Gasteiger partial charge in [0.05, 0.1) is 0 Å². The molecular weight excluding hydrogens is 486 g/mol. The molecule has 0 bridgehead atoms. The molecule has 2 aromatic rings. The van der Waals surface area contributed by atoms with Crippen molar-refractivity contribution >= 4 is 33.3 Å². The van der Waals surface area contributed by atoms with Crippen molar-refractivity contribution in [2.45, 2.75) is 20.8 Å². The lowest BCUT2D eigenvalue weighted by Crippen LogP contribution is -2.30. The van der Waals surface area contributed by atoms with Gasteiger partial charge in [-0.3, -0.25) is 14.5 Å². The zero-order valence-electron chi connectivity index (χ0n) is 19.3. The fourth-order valence-electron chi connectivity index (χ4n) is 2.28. The van der Waals surface area contributed by atoms with E-state index < -0.39 is 33.0 Å². The fraction of sp³-hybridized carbons (Fsp3) is 0.316. The van der Waals surface area contributed by atoms with Crippen LogP contribution in [0.2, 0.25) is 0 Å². The van der Waals surface area contributed by atoms with Crippen LogP contribution in [-0.2, 0) is 21.4 Å². The van der Waals surface area contributed by atoms with Gasteiger partial charge in [-0.1, -0.05) is 26.0 Å². The highest BCUT2D eigenvalue weighted by Crippen LogP contribution is 2.25. The number of allylic oxidation sites excluding steroid dienone is 1. The molecule has 2 heterocycles. The van der Waals surface area contributed by atoms with Crippen LogP contribution in [-0.4, -0.2) is 58.7 Å². The highest BCUT2D eigenvalue weighted by Gasteiger charge is 2.23. The third kappa shape index (κ3) is 10.2. The molecule has 15 heteroatoms. The average Bonchev–Trinajstić information content (AvgIpc) is 3.26. The predicted octanol–water partition coefficient (Wildman–Crippen LogP) is -0.0777. The lowest BCUT2D eigenvalue weighted by molar-refractivity contribution is 0.0689. The number of amides is 1. The minimum atomic E-state index is -4.25. The van der Waals surface area contributed by atoms with Crippen LogP contribution in [0.3, 0.4) is 0 Å². The lowest BCUT2D eigenvalue weighted by atomic mass is 10.1. The van der Waals surface area contributed by atoms with Crippen molar-refractivity contribution in [3.05, 3.63) is 54.3 Å². The Labute approximate surface area is 201 Å². The van der Waals surface area contributed by atoms with Gasteiger partial charge >= 0.3 is 16.2 Å². The Hall–Kier alpha value is -3.11. The molecule has 190 valence electrons. The third-order valence-corrected chi connectivity index (χ3v) is 4.87. The van der Waals surface area contributed by atoms with Crippen molar-refractivity contribution in [1.82, 2.24) is 24.3 Å². The van der Waals surface area contributed by atoms with E-state index in [1.165, 1.54) is 30.6 Å². The summed E-state index contributed by atoms with van der Waals surface area (Å²) in [6, 6.07) is 4.21. The molecule has 13 nitrogen and oxygen atoms in total. The Morgan fingerprint density at radius 2 is 1.88 bits per heavy atom. The van der Waals surface area contributed by atoms with Crippen molar-refractivity contribution in [2.75, 3.05) is 20.1 Å². The van der Waals surface area contributed by atoms with Crippen molar-refractivity contribution in [1.29, 1.82) is 0 Å². The Bertz CT molecular complexity index is 1080. The minimum Gasteiger partial charge on any atom is -0.477 e. The van der Waals surface area contributed by atoms with Crippen molar-refractivity contribution in [2.24, 2.45) is 10.3 Å². The second-order valence-corrected chi connectivity index (χ2v) is 8.18. The molecule has 2 rings (SSSR count). The molecular formula is C19H31N7O6S2. The van der Waals surface area contributed by atoms with E-state index in [-0.39, 0.29) is 17.2 Å². The standard InChI is InChI=1S/C14H17N5O5S.C3H8N2OS.C2H6/c1-16-5-6-17-13(20)11-3-2-9(8-18-11)10-4-7-19(25(15,23)24)12(10)14(21)22;1-2-3-5-7(4)6;1-2/h2-4,7-8,16H,5-6H2,1H3,(H,17,20)(H,21,22)(H2,15,23,24);2-3,5H,4H2,1H3;1-2H3/b;3-2-;. The molecule has 2 aromatic heterocycles. The molecule has 0 aliphatic carbocycles. The summed E-state index contributed by atoms with van der Waals surface area (Å²) in [7, 11) is -2.50. The SMILES string of the molecule is C/C=C\NS(N)=O.CC.CNCCNC(=O)c1ccc(-c2ccn(S(N)(=O)=O)c2C(=O)O)cn1. The summed E-state index contributed by atoms with van der Waals surface area (Å²) in [5.41, 5.74) is 0.112. The molecule has 1 atom stereocenters. The molecule has 0 saturated heterocycles. The predicted molar refractivity (Wildman–Crippen MR) is 131 cm³/mol. The molecule has 8 N–H and O–H groups in total. The largest absolute Gasteiger partial charge is 0.477 e. The number of nitrogens with zero attached hydrogens (tertiary/aromatic N) is 2. The zero-order valence-corrected chi connectivity index (χ0v) is 20.9. The first-order valence-electron chi connectivity index (χ1n) is 9.93. The van der Waals surface area contributed by atoms with Gasteiger partial charge < -0.3 is 15.7 Å². The summed E-state index contributed by atoms with van der Waals surface area (Å²) in [5, 5.41) is 24.6. The number of nitrogens with two attached hydrogens (primary N) is 2.